The Bertz CT molecular complexity index is 1020. The van der Waals surface area contributed by atoms with E-state index in [1.807, 2.05) is 12.1 Å². The minimum atomic E-state index is -0.966. The van der Waals surface area contributed by atoms with E-state index >= 15 is 0 Å². The Hall–Kier alpha value is -2.64. The molecule has 8 heteroatoms. The summed E-state index contributed by atoms with van der Waals surface area (Å²) in [5.74, 6) is -1.14. The Morgan fingerprint density at radius 3 is 2.67 bits per heavy atom. The number of benzene rings is 1. The summed E-state index contributed by atoms with van der Waals surface area (Å²) in [6.45, 7) is 3.30. The fourth-order valence-corrected chi connectivity index (χ4v) is 3.79. The number of thiophene rings is 1. The first-order valence-electron chi connectivity index (χ1n) is 8.21. The summed E-state index contributed by atoms with van der Waals surface area (Å²) in [5.41, 5.74) is 0.837. The van der Waals surface area contributed by atoms with Gasteiger partial charge in [0.25, 0.3) is 0 Å². The highest BCUT2D eigenvalue weighted by Crippen LogP contribution is 2.28. The van der Waals surface area contributed by atoms with Crippen LogP contribution in [0.1, 0.15) is 38.9 Å². The molecule has 2 aromatic heterocycles. The van der Waals surface area contributed by atoms with E-state index in [9.17, 15) is 14.4 Å². The van der Waals surface area contributed by atoms with E-state index in [1.165, 1.54) is 25.2 Å². The predicted octanol–water partition coefficient (Wildman–Crippen LogP) is 3.95. The van der Waals surface area contributed by atoms with Gasteiger partial charge in [-0.15, -0.1) is 11.3 Å². The third-order valence-corrected chi connectivity index (χ3v) is 5.41. The van der Waals surface area contributed by atoms with Crippen LogP contribution in [-0.2, 0) is 16.1 Å². The van der Waals surface area contributed by atoms with E-state index in [0.29, 0.717) is 22.3 Å². The first-order valence-corrected chi connectivity index (χ1v) is 9.41. The van der Waals surface area contributed by atoms with Gasteiger partial charge in [-0.3, -0.25) is 9.59 Å². The average Bonchev–Trinajstić information content (AvgIpc) is 3.24. The molecular weight excluding hydrogens is 388 g/mol. The van der Waals surface area contributed by atoms with E-state index in [4.69, 9.17) is 16.3 Å². The van der Waals surface area contributed by atoms with Gasteiger partial charge in [-0.05, 0) is 25.1 Å². The van der Waals surface area contributed by atoms with Crippen LogP contribution in [0.4, 0.5) is 0 Å². The standard InChI is InChI=1S/C19H17ClN2O4S/c1-10(18(24)15-8-7-12(27-15)9-21-11(2)23)26-19(25)17-16(20)13-5-3-4-6-14(13)22-17/h3-8,10,22H,9H2,1-2H3,(H,21,23). The Morgan fingerprint density at radius 2 is 1.96 bits per heavy atom. The number of aromatic amines is 1. The monoisotopic (exact) mass is 404 g/mol. The second kappa shape index (κ2) is 7.94. The van der Waals surface area contributed by atoms with Crippen LogP contribution in [0.3, 0.4) is 0 Å². The smallest absolute Gasteiger partial charge is 0.357 e. The molecule has 3 aromatic rings. The number of nitrogens with one attached hydrogen (secondary N) is 2. The van der Waals surface area contributed by atoms with Crippen LogP contribution < -0.4 is 5.32 Å². The topological polar surface area (TPSA) is 88.3 Å². The largest absolute Gasteiger partial charge is 0.450 e. The van der Waals surface area contributed by atoms with E-state index in [2.05, 4.69) is 10.3 Å². The molecule has 6 nitrogen and oxygen atoms in total. The predicted molar refractivity (Wildman–Crippen MR) is 104 cm³/mol. The highest BCUT2D eigenvalue weighted by atomic mass is 35.5. The number of halogens is 1. The lowest BCUT2D eigenvalue weighted by Crippen LogP contribution is -2.24. The minimum absolute atomic E-state index is 0.120. The van der Waals surface area contributed by atoms with Gasteiger partial charge in [0, 0.05) is 22.7 Å². The summed E-state index contributed by atoms with van der Waals surface area (Å²) in [4.78, 5) is 40.1. The molecule has 1 amide bonds. The van der Waals surface area contributed by atoms with Gasteiger partial charge in [-0.1, -0.05) is 29.8 Å². The normalized spacial score (nSPS) is 12.0. The van der Waals surface area contributed by atoms with E-state index in [-0.39, 0.29) is 22.4 Å². The Morgan fingerprint density at radius 1 is 1.22 bits per heavy atom. The Kier molecular flexibility index (Phi) is 5.62. The molecule has 2 heterocycles. The van der Waals surface area contributed by atoms with Gasteiger partial charge in [-0.25, -0.2) is 4.79 Å². The molecule has 0 aliphatic rings. The highest BCUT2D eigenvalue weighted by molar-refractivity contribution is 7.14. The molecule has 1 unspecified atom stereocenters. The maximum atomic E-state index is 12.5. The summed E-state index contributed by atoms with van der Waals surface area (Å²) >= 11 is 7.50. The number of aromatic nitrogens is 1. The molecule has 140 valence electrons. The summed E-state index contributed by atoms with van der Waals surface area (Å²) in [6, 6.07) is 10.7. The van der Waals surface area contributed by atoms with Crippen molar-refractivity contribution >= 4 is 51.5 Å². The lowest BCUT2D eigenvalue weighted by molar-refractivity contribution is -0.119. The SMILES string of the molecule is CC(=O)NCc1ccc(C(=O)C(C)OC(=O)c2[nH]c3ccccc3c2Cl)s1. The molecular formula is C19H17ClN2O4S. The molecule has 0 aliphatic carbocycles. The van der Waals surface area contributed by atoms with Crippen molar-refractivity contribution in [1.82, 2.24) is 10.3 Å². The zero-order chi connectivity index (χ0) is 19.6. The lowest BCUT2D eigenvalue weighted by atomic mass is 10.2. The fourth-order valence-electron chi connectivity index (χ4n) is 2.54. The molecule has 0 spiro atoms. The first kappa shape index (κ1) is 19.1. The van der Waals surface area contributed by atoms with Crippen molar-refractivity contribution in [2.24, 2.45) is 0 Å². The number of para-hydroxylation sites is 1. The van der Waals surface area contributed by atoms with Gasteiger partial charge in [0.1, 0.15) is 5.69 Å². The number of ether oxygens (including phenoxy) is 1. The van der Waals surface area contributed by atoms with Gasteiger partial charge >= 0.3 is 5.97 Å². The van der Waals surface area contributed by atoms with Gasteiger partial charge < -0.3 is 15.0 Å². The van der Waals surface area contributed by atoms with E-state index < -0.39 is 12.1 Å². The van der Waals surface area contributed by atoms with Gasteiger partial charge in [-0.2, -0.15) is 0 Å². The minimum Gasteiger partial charge on any atom is -0.450 e. The maximum Gasteiger partial charge on any atom is 0.357 e. The molecule has 0 radical (unpaired) electrons. The zero-order valence-corrected chi connectivity index (χ0v) is 16.2. The van der Waals surface area contributed by atoms with Crippen LogP contribution in [0.2, 0.25) is 5.02 Å². The van der Waals surface area contributed by atoms with Crippen LogP contribution in [0.25, 0.3) is 10.9 Å². The number of rotatable bonds is 6. The number of fused-ring (bicyclic) bond motifs is 1. The molecule has 3 rings (SSSR count). The number of H-pyrrole nitrogens is 1. The van der Waals surface area contributed by atoms with Crippen molar-refractivity contribution in [3.05, 3.63) is 56.9 Å². The van der Waals surface area contributed by atoms with Crippen LogP contribution >= 0.6 is 22.9 Å². The molecule has 0 saturated heterocycles. The molecule has 1 atom stereocenters. The number of amides is 1. The van der Waals surface area contributed by atoms with E-state index in [1.54, 1.807) is 24.3 Å². The third-order valence-electron chi connectivity index (χ3n) is 3.92. The summed E-state index contributed by atoms with van der Waals surface area (Å²) in [7, 11) is 0. The van der Waals surface area contributed by atoms with Crippen molar-refractivity contribution in [3.63, 3.8) is 0 Å². The molecule has 1 aromatic carbocycles. The van der Waals surface area contributed by atoms with Crippen LogP contribution in [-0.4, -0.2) is 28.7 Å². The second-order valence-electron chi connectivity index (χ2n) is 5.95. The zero-order valence-electron chi connectivity index (χ0n) is 14.7. The second-order valence-corrected chi connectivity index (χ2v) is 7.49. The maximum absolute atomic E-state index is 12.5. The van der Waals surface area contributed by atoms with Crippen LogP contribution in [0.15, 0.2) is 36.4 Å². The first-order chi connectivity index (χ1) is 12.9. The lowest BCUT2D eigenvalue weighted by Gasteiger charge is -2.10. The van der Waals surface area contributed by atoms with Crippen LogP contribution in [0.5, 0.6) is 0 Å². The number of hydrogen-bond acceptors (Lipinski definition) is 5. The molecule has 0 saturated carbocycles. The fraction of sp³-hybridized carbons (Fsp3) is 0.211. The summed E-state index contributed by atoms with van der Waals surface area (Å²) in [6.07, 6.45) is -0.966. The number of ketones is 1. The Labute approximate surface area is 164 Å². The van der Waals surface area contributed by atoms with Crippen LogP contribution in [0, 0.1) is 0 Å². The number of Topliss-reactive ketones (excluding diaryl/α,β-unsaturated/α-hetero) is 1. The summed E-state index contributed by atoms with van der Waals surface area (Å²) < 4.78 is 5.30. The number of hydrogen-bond donors (Lipinski definition) is 2. The quantitative estimate of drug-likeness (QED) is 0.481. The highest BCUT2D eigenvalue weighted by Gasteiger charge is 2.24. The number of carbonyl (C=O) groups is 3. The van der Waals surface area contributed by atoms with Crippen molar-refractivity contribution in [3.8, 4) is 0 Å². The van der Waals surface area contributed by atoms with Gasteiger partial charge in [0.05, 0.1) is 16.4 Å². The summed E-state index contributed by atoms with van der Waals surface area (Å²) in [5, 5.41) is 3.65. The molecule has 0 bridgehead atoms. The van der Waals surface area contributed by atoms with Crippen molar-refractivity contribution in [1.29, 1.82) is 0 Å². The molecule has 0 aliphatic heterocycles. The third kappa shape index (κ3) is 4.20. The van der Waals surface area contributed by atoms with Crippen molar-refractivity contribution in [2.75, 3.05) is 0 Å². The average molecular weight is 405 g/mol. The molecule has 0 fully saturated rings. The van der Waals surface area contributed by atoms with Crippen molar-refractivity contribution in [2.45, 2.75) is 26.5 Å². The van der Waals surface area contributed by atoms with Gasteiger partial charge in [0.2, 0.25) is 11.7 Å². The molecule has 2 N–H and O–H groups in total. The Balaban J connectivity index is 1.69. The number of esters is 1. The van der Waals surface area contributed by atoms with Gasteiger partial charge in [0.15, 0.2) is 6.10 Å². The van der Waals surface area contributed by atoms with E-state index in [0.717, 1.165) is 4.88 Å². The molecule has 27 heavy (non-hydrogen) atoms. The van der Waals surface area contributed by atoms with Crippen molar-refractivity contribution < 1.29 is 19.1 Å². The number of carbonyl (C=O) groups excluding carboxylic acids is 3.